The molecule has 0 amide bonds. The maximum atomic E-state index is 12.4. The highest BCUT2D eigenvalue weighted by molar-refractivity contribution is 9.10. The minimum atomic E-state index is -3.52. The zero-order valence-corrected chi connectivity index (χ0v) is 13.4. The minimum Gasteiger partial charge on any atom is -0.481 e. The van der Waals surface area contributed by atoms with Crippen LogP contribution in [0.1, 0.15) is 11.1 Å². The van der Waals surface area contributed by atoms with Crippen LogP contribution in [0.15, 0.2) is 57.9 Å². The van der Waals surface area contributed by atoms with Crippen molar-refractivity contribution in [3.63, 3.8) is 0 Å². The zero-order valence-electron chi connectivity index (χ0n) is 11.0. The van der Waals surface area contributed by atoms with Crippen molar-refractivity contribution in [2.45, 2.75) is 17.1 Å². The van der Waals surface area contributed by atoms with Crippen LogP contribution in [0.3, 0.4) is 0 Å². The summed E-state index contributed by atoms with van der Waals surface area (Å²) in [6.45, 7) is 0. The second kappa shape index (κ2) is 6.41. The first-order valence-electron chi connectivity index (χ1n) is 6.15. The average molecular weight is 369 g/mol. The number of carbonyl (C=O) groups is 1. The minimum absolute atomic E-state index is 0.190. The standard InChI is InChI=1S/C15H13BrO4S/c16-13-6-3-7-14(9-13)21(19,20)10-12-5-2-1-4-11(12)8-15(17)18/h1-7,9H,8,10H2,(H,17,18). The Kier molecular flexibility index (Phi) is 4.80. The van der Waals surface area contributed by atoms with E-state index in [-0.39, 0.29) is 17.1 Å². The van der Waals surface area contributed by atoms with Gasteiger partial charge >= 0.3 is 5.97 Å². The molecule has 0 radical (unpaired) electrons. The topological polar surface area (TPSA) is 71.4 Å². The first-order chi connectivity index (χ1) is 9.88. The Morgan fingerprint density at radius 1 is 1.05 bits per heavy atom. The molecule has 2 aromatic rings. The largest absolute Gasteiger partial charge is 0.481 e. The number of benzene rings is 2. The van der Waals surface area contributed by atoms with Crippen molar-refractivity contribution in [2.24, 2.45) is 0 Å². The van der Waals surface area contributed by atoms with Gasteiger partial charge < -0.3 is 5.11 Å². The van der Waals surface area contributed by atoms with Crippen LogP contribution in [-0.4, -0.2) is 19.5 Å². The summed E-state index contributed by atoms with van der Waals surface area (Å²) in [5, 5.41) is 8.89. The van der Waals surface area contributed by atoms with E-state index in [0.29, 0.717) is 15.6 Å². The molecule has 110 valence electrons. The van der Waals surface area contributed by atoms with Gasteiger partial charge in [0.05, 0.1) is 17.1 Å². The number of sulfone groups is 1. The zero-order chi connectivity index (χ0) is 15.5. The number of hydrogen-bond donors (Lipinski definition) is 1. The normalized spacial score (nSPS) is 11.3. The van der Waals surface area contributed by atoms with Crippen LogP contribution >= 0.6 is 15.9 Å². The lowest BCUT2D eigenvalue weighted by Gasteiger charge is -2.09. The second-order valence-corrected chi connectivity index (χ2v) is 7.46. The van der Waals surface area contributed by atoms with E-state index in [1.807, 2.05) is 0 Å². The van der Waals surface area contributed by atoms with Crippen molar-refractivity contribution in [1.29, 1.82) is 0 Å². The quantitative estimate of drug-likeness (QED) is 0.880. The summed E-state index contributed by atoms with van der Waals surface area (Å²) in [6.07, 6.45) is -0.190. The van der Waals surface area contributed by atoms with Gasteiger partial charge in [-0.3, -0.25) is 4.79 Å². The SMILES string of the molecule is O=C(O)Cc1ccccc1CS(=O)(=O)c1cccc(Br)c1. The van der Waals surface area contributed by atoms with Crippen LogP contribution in [0.5, 0.6) is 0 Å². The fourth-order valence-electron chi connectivity index (χ4n) is 1.98. The van der Waals surface area contributed by atoms with Crippen LogP contribution in [0.4, 0.5) is 0 Å². The highest BCUT2D eigenvalue weighted by Crippen LogP contribution is 2.22. The van der Waals surface area contributed by atoms with Crippen LogP contribution in [0, 0.1) is 0 Å². The third kappa shape index (κ3) is 4.15. The van der Waals surface area contributed by atoms with Crippen molar-refractivity contribution in [2.75, 3.05) is 0 Å². The molecule has 0 unspecified atom stereocenters. The molecular weight excluding hydrogens is 356 g/mol. The Morgan fingerprint density at radius 3 is 2.33 bits per heavy atom. The highest BCUT2D eigenvalue weighted by atomic mass is 79.9. The molecular formula is C15H13BrO4S. The number of rotatable bonds is 5. The van der Waals surface area contributed by atoms with E-state index >= 15 is 0 Å². The number of halogens is 1. The molecule has 2 rings (SSSR count). The summed E-state index contributed by atoms with van der Waals surface area (Å²) in [7, 11) is -3.52. The van der Waals surface area contributed by atoms with Crippen molar-refractivity contribution in [3.05, 3.63) is 64.1 Å². The molecule has 0 saturated carbocycles. The van der Waals surface area contributed by atoms with E-state index in [9.17, 15) is 13.2 Å². The lowest BCUT2D eigenvalue weighted by molar-refractivity contribution is -0.136. The number of carboxylic acid groups (broad SMARTS) is 1. The van der Waals surface area contributed by atoms with E-state index in [1.54, 1.807) is 36.4 Å². The van der Waals surface area contributed by atoms with E-state index in [0.717, 1.165) is 0 Å². The predicted molar refractivity (Wildman–Crippen MR) is 82.8 cm³/mol. The van der Waals surface area contributed by atoms with Crippen LogP contribution in [0.2, 0.25) is 0 Å². The predicted octanol–water partition coefficient (Wildman–Crippen LogP) is 3.05. The molecule has 6 heteroatoms. The van der Waals surface area contributed by atoms with Gasteiger partial charge in [-0.1, -0.05) is 46.3 Å². The summed E-state index contributed by atoms with van der Waals surface area (Å²) in [5.41, 5.74) is 1.03. The maximum Gasteiger partial charge on any atom is 0.307 e. The monoisotopic (exact) mass is 368 g/mol. The molecule has 0 aliphatic carbocycles. The van der Waals surface area contributed by atoms with Gasteiger partial charge in [0.1, 0.15) is 0 Å². The third-order valence-electron chi connectivity index (χ3n) is 2.96. The Labute approximate surface area is 131 Å². The molecule has 0 spiro atoms. The summed E-state index contributed by atoms with van der Waals surface area (Å²) in [4.78, 5) is 11.1. The fraction of sp³-hybridized carbons (Fsp3) is 0.133. The third-order valence-corrected chi connectivity index (χ3v) is 5.12. The molecule has 21 heavy (non-hydrogen) atoms. The molecule has 0 aliphatic rings. The Hall–Kier alpha value is -1.66. The van der Waals surface area contributed by atoms with Gasteiger partial charge in [-0.05, 0) is 29.3 Å². The summed E-state index contributed by atoms with van der Waals surface area (Å²) >= 11 is 3.25. The van der Waals surface area contributed by atoms with Gasteiger partial charge in [-0.15, -0.1) is 0 Å². The average Bonchev–Trinajstić information content (AvgIpc) is 2.40. The molecule has 0 heterocycles. The lowest BCUT2D eigenvalue weighted by atomic mass is 10.1. The molecule has 0 aliphatic heterocycles. The van der Waals surface area contributed by atoms with Gasteiger partial charge in [0.2, 0.25) is 0 Å². The van der Waals surface area contributed by atoms with E-state index < -0.39 is 15.8 Å². The summed E-state index contributed by atoms with van der Waals surface area (Å²) in [5.74, 6) is -1.20. The lowest BCUT2D eigenvalue weighted by Crippen LogP contribution is -2.09. The van der Waals surface area contributed by atoms with Crippen LogP contribution in [-0.2, 0) is 26.8 Å². The summed E-state index contributed by atoms with van der Waals surface area (Å²) in [6, 6.07) is 13.2. The van der Waals surface area contributed by atoms with Gasteiger partial charge in [0.15, 0.2) is 9.84 Å². The molecule has 0 aromatic heterocycles. The van der Waals surface area contributed by atoms with Crippen molar-refractivity contribution < 1.29 is 18.3 Å². The molecule has 0 fully saturated rings. The first kappa shape index (κ1) is 15.7. The van der Waals surface area contributed by atoms with E-state index in [4.69, 9.17) is 5.11 Å². The van der Waals surface area contributed by atoms with Gasteiger partial charge in [-0.25, -0.2) is 8.42 Å². The number of hydrogen-bond acceptors (Lipinski definition) is 3. The van der Waals surface area contributed by atoms with Gasteiger partial charge in [0.25, 0.3) is 0 Å². The maximum absolute atomic E-state index is 12.4. The van der Waals surface area contributed by atoms with Gasteiger partial charge in [-0.2, -0.15) is 0 Å². The molecule has 0 bridgehead atoms. The highest BCUT2D eigenvalue weighted by Gasteiger charge is 2.18. The van der Waals surface area contributed by atoms with Crippen LogP contribution in [0.25, 0.3) is 0 Å². The molecule has 2 aromatic carbocycles. The molecule has 0 atom stereocenters. The van der Waals surface area contributed by atoms with E-state index in [2.05, 4.69) is 15.9 Å². The summed E-state index contributed by atoms with van der Waals surface area (Å²) < 4.78 is 25.5. The molecule has 0 saturated heterocycles. The van der Waals surface area contributed by atoms with Crippen LogP contribution < -0.4 is 0 Å². The number of aliphatic carboxylic acids is 1. The van der Waals surface area contributed by atoms with E-state index in [1.165, 1.54) is 12.1 Å². The van der Waals surface area contributed by atoms with Crippen molar-refractivity contribution in [1.82, 2.24) is 0 Å². The Morgan fingerprint density at radius 2 is 1.71 bits per heavy atom. The molecule has 1 N–H and O–H groups in total. The molecule has 4 nitrogen and oxygen atoms in total. The van der Waals surface area contributed by atoms with Crippen molar-refractivity contribution >= 4 is 31.7 Å². The smallest absolute Gasteiger partial charge is 0.307 e. The van der Waals surface area contributed by atoms with Gasteiger partial charge in [0, 0.05) is 4.47 Å². The number of carboxylic acids is 1. The first-order valence-corrected chi connectivity index (χ1v) is 8.60. The Bertz CT molecular complexity index is 769. The Balaban J connectivity index is 2.35. The fourth-order valence-corrected chi connectivity index (χ4v) is 3.98. The second-order valence-electron chi connectivity index (χ2n) is 4.56. The van der Waals surface area contributed by atoms with Crippen molar-refractivity contribution in [3.8, 4) is 0 Å².